The fourth-order valence-corrected chi connectivity index (χ4v) is 8.00. The van der Waals surface area contributed by atoms with Crippen LogP contribution in [0.25, 0.3) is 44.2 Å². The van der Waals surface area contributed by atoms with E-state index in [0.29, 0.717) is 60.9 Å². The molecule has 0 unspecified atom stereocenters. The lowest BCUT2D eigenvalue weighted by Gasteiger charge is -2.33. The standard InChI is InChI=1S/C42H46N12O4/c1-41(2,3)47-39(57)51-16-18-54-32(22-51)34(38(44)56)36(50-54)28-21-46-30(25-11-7-6-10-24(25)28)20-42(4,5)48-40(58)52-17-19-53-31(23-52)33(37(43)55)35(49-53)27-12-8-14-29-26(27)13-9-15-45-29/h6-15,21H,16-20,22-23H2,1-5H3,(H2,43,55)(H2,44,56)(H,47,57)(H,48,58). The first-order chi connectivity index (χ1) is 27.6. The lowest BCUT2D eigenvalue weighted by Crippen LogP contribution is -2.52. The van der Waals surface area contributed by atoms with Crippen LogP contribution in [0.1, 0.15) is 72.4 Å². The van der Waals surface area contributed by atoms with Crippen molar-refractivity contribution in [3.05, 3.63) is 95.2 Å². The van der Waals surface area contributed by atoms with Crippen LogP contribution in [-0.2, 0) is 32.6 Å². The number of primary amides is 2. The van der Waals surface area contributed by atoms with Gasteiger partial charge in [0.2, 0.25) is 0 Å². The van der Waals surface area contributed by atoms with Crippen LogP contribution in [0, 0.1) is 0 Å². The molecule has 16 nitrogen and oxygen atoms in total. The first-order valence-electron chi connectivity index (χ1n) is 19.2. The Morgan fingerprint density at radius 3 is 1.83 bits per heavy atom. The monoisotopic (exact) mass is 782 g/mol. The summed E-state index contributed by atoms with van der Waals surface area (Å²) in [4.78, 5) is 65.6. The fraction of sp³-hybridized carbons (Fsp3) is 0.333. The zero-order chi connectivity index (χ0) is 41.1. The second kappa shape index (κ2) is 14.3. The highest BCUT2D eigenvalue weighted by molar-refractivity contribution is 6.06. The summed E-state index contributed by atoms with van der Waals surface area (Å²) in [5, 5.41) is 18.3. The van der Waals surface area contributed by atoms with E-state index in [-0.39, 0.29) is 36.3 Å². The molecule has 4 aromatic heterocycles. The zero-order valence-corrected chi connectivity index (χ0v) is 33.2. The summed E-state index contributed by atoms with van der Waals surface area (Å²) in [5.74, 6) is -1.26. The molecule has 6 amide bonds. The molecule has 8 rings (SSSR count). The molecule has 0 radical (unpaired) electrons. The Kier molecular flexibility index (Phi) is 9.36. The second-order valence-electron chi connectivity index (χ2n) is 16.6. The van der Waals surface area contributed by atoms with Gasteiger partial charge in [-0.25, -0.2) is 9.59 Å². The highest BCUT2D eigenvalue weighted by atomic mass is 16.2. The summed E-state index contributed by atoms with van der Waals surface area (Å²) in [7, 11) is 0. The molecule has 0 fully saturated rings. The topological polar surface area (TPSA) is 212 Å². The third kappa shape index (κ3) is 7.05. The Labute approximate surface area is 334 Å². The summed E-state index contributed by atoms with van der Waals surface area (Å²) in [6.45, 7) is 11.5. The molecule has 2 aliphatic heterocycles. The molecule has 0 saturated carbocycles. The van der Waals surface area contributed by atoms with Crippen LogP contribution in [0.3, 0.4) is 0 Å². The molecular weight excluding hydrogens is 737 g/mol. The van der Waals surface area contributed by atoms with Gasteiger partial charge < -0.3 is 31.9 Å². The van der Waals surface area contributed by atoms with Crippen LogP contribution in [0.4, 0.5) is 9.59 Å². The average molecular weight is 783 g/mol. The zero-order valence-electron chi connectivity index (χ0n) is 33.2. The van der Waals surface area contributed by atoms with Crippen molar-refractivity contribution in [2.24, 2.45) is 11.5 Å². The molecule has 0 saturated heterocycles. The summed E-state index contributed by atoms with van der Waals surface area (Å²) in [5.41, 5.74) is 16.2. The van der Waals surface area contributed by atoms with Crippen molar-refractivity contribution in [3.8, 4) is 22.5 Å². The lowest BCUT2D eigenvalue weighted by molar-refractivity contribution is 0.0989. The van der Waals surface area contributed by atoms with E-state index in [1.54, 1.807) is 31.6 Å². The molecular formula is C42H46N12O4. The van der Waals surface area contributed by atoms with Crippen LogP contribution in [0.15, 0.2) is 67.0 Å². The Morgan fingerprint density at radius 1 is 0.655 bits per heavy atom. The molecule has 0 aliphatic carbocycles. The third-order valence-electron chi connectivity index (χ3n) is 10.6. The molecule has 6 N–H and O–H groups in total. The number of aromatic nitrogens is 6. The van der Waals surface area contributed by atoms with Gasteiger partial charge in [-0.15, -0.1) is 0 Å². The summed E-state index contributed by atoms with van der Waals surface area (Å²) in [6.07, 6.45) is 3.78. The number of nitrogens with zero attached hydrogens (tertiary/aromatic N) is 8. The van der Waals surface area contributed by atoms with Crippen molar-refractivity contribution >= 4 is 45.6 Å². The van der Waals surface area contributed by atoms with Crippen LogP contribution >= 0.6 is 0 Å². The predicted molar refractivity (Wildman–Crippen MR) is 218 cm³/mol. The van der Waals surface area contributed by atoms with E-state index in [1.165, 1.54) is 0 Å². The number of nitrogens with one attached hydrogen (secondary N) is 2. The van der Waals surface area contributed by atoms with E-state index in [0.717, 1.165) is 32.9 Å². The van der Waals surface area contributed by atoms with Gasteiger partial charge in [-0.1, -0.05) is 42.5 Å². The summed E-state index contributed by atoms with van der Waals surface area (Å²) < 4.78 is 3.51. The van der Waals surface area contributed by atoms with E-state index < -0.39 is 22.9 Å². The van der Waals surface area contributed by atoms with Gasteiger partial charge in [-0.2, -0.15) is 10.2 Å². The summed E-state index contributed by atoms with van der Waals surface area (Å²) >= 11 is 0. The number of carbonyl (C=O) groups excluding carboxylic acids is 4. The molecule has 0 bridgehead atoms. The Hall–Kier alpha value is -6.84. The van der Waals surface area contributed by atoms with Crippen molar-refractivity contribution < 1.29 is 19.2 Å². The number of hydrogen-bond acceptors (Lipinski definition) is 8. The maximum atomic E-state index is 13.9. The van der Waals surface area contributed by atoms with E-state index in [2.05, 4.69) is 15.6 Å². The van der Waals surface area contributed by atoms with Gasteiger partial charge in [0.15, 0.2) is 0 Å². The molecule has 16 heteroatoms. The first kappa shape index (κ1) is 38.1. The van der Waals surface area contributed by atoms with Crippen LogP contribution in [0.2, 0.25) is 0 Å². The molecule has 298 valence electrons. The SMILES string of the molecule is CC(C)(C)NC(=O)N1CCn2nc(-c3cnc(CC(C)(C)NC(=O)N4CCn5nc(-c6cccc7ncccc67)c(C(N)=O)c5C4)c4ccccc34)c(C(N)=O)c2C1. The number of carbonyl (C=O) groups is 4. The molecule has 0 atom stereocenters. The minimum Gasteiger partial charge on any atom is -0.365 e. The van der Waals surface area contributed by atoms with E-state index in [1.807, 2.05) is 89.2 Å². The van der Waals surface area contributed by atoms with Gasteiger partial charge in [-0.3, -0.25) is 28.9 Å². The van der Waals surface area contributed by atoms with Gasteiger partial charge in [0.1, 0.15) is 11.4 Å². The van der Waals surface area contributed by atoms with Crippen LogP contribution in [-0.4, -0.2) is 87.4 Å². The van der Waals surface area contributed by atoms with Gasteiger partial charge in [-0.05, 0) is 52.1 Å². The average Bonchev–Trinajstić information content (AvgIpc) is 3.75. The Balaban J connectivity index is 1.04. The van der Waals surface area contributed by atoms with Crippen LogP contribution < -0.4 is 22.1 Å². The molecule has 6 heterocycles. The van der Waals surface area contributed by atoms with Crippen molar-refractivity contribution in [3.63, 3.8) is 0 Å². The largest absolute Gasteiger partial charge is 0.365 e. The fourth-order valence-electron chi connectivity index (χ4n) is 8.00. The first-order valence-corrected chi connectivity index (χ1v) is 19.2. The van der Waals surface area contributed by atoms with Crippen molar-refractivity contribution in [2.45, 2.75) is 78.3 Å². The normalized spacial score (nSPS) is 14.3. The third-order valence-corrected chi connectivity index (χ3v) is 10.6. The van der Waals surface area contributed by atoms with E-state index in [9.17, 15) is 19.2 Å². The lowest BCUT2D eigenvalue weighted by atomic mass is 9.93. The van der Waals surface area contributed by atoms with Crippen molar-refractivity contribution in [2.75, 3.05) is 13.1 Å². The number of pyridine rings is 2. The van der Waals surface area contributed by atoms with Gasteiger partial charge in [0, 0.05) is 64.9 Å². The number of urea groups is 2. The number of amides is 6. The minimum atomic E-state index is -0.761. The molecule has 0 spiro atoms. The smallest absolute Gasteiger partial charge is 0.318 e. The number of hydrogen-bond donors (Lipinski definition) is 4. The molecule has 6 aromatic rings. The number of fused-ring (bicyclic) bond motifs is 4. The van der Waals surface area contributed by atoms with Gasteiger partial charge >= 0.3 is 12.1 Å². The molecule has 58 heavy (non-hydrogen) atoms. The number of benzene rings is 2. The van der Waals surface area contributed by atoms with E-state index >= 15 is 0 Å². The van der Waals surface area contributed by atoms with Crippen molar-refractivity contribution in [1.82, 2.24) is 50.0 Å². The highest BCUT2D eigenvalue weighted by Gasteiger charge is 2.34. The Bertz CT molecular complexity index is 2650. The van der Waals surface area contributed by atoms with E-state index in [4.69, 9.17) is 26.6 Å². The highest BCUT2D eigenvalue weighted by Crippen LogP contribution is 2.36. The maximum absolute atomic E-state index is 13.9. The molecule has 2 aromatic carbocycles. The van der Waals surface area contributed by atoms with Crippen molar-refractivity contribution in [1.29, 1.82) is 0 Å². The molecule has 2 aliphatic rings. The quantitative estimate of drug-likeness (QED) is 0.180. The maximum Gasteiger partial charge on any atom is 0.318 e. The number of nitrogens with two attached hydrogens (primary N) is 2. The Morgan fingerprint density at radius 2 is 1.22 bits per heavy atom. The predicted octanol–water partition coefficient (Wildman–Crippen LogP) is 4.58. The van der Waals surface area contributed by atoms with Crippen LogP contribution in [0.5, 0.6) is 0 Å². The van der Waals surface area contributed by atoms with Gasteiger partial charge in [0.25, 0.3) is 11.8 Å². The van der Waals surface area contributed by atoms with Gasteiger partial charge in [0.05, 0.1) is 59.9 Å². The second-order valence-corrected chi connectivity index (χ2v) is 16.6. The minimum absolute atomic E-state index is 0.141. The number of rotatable bonds is 7. The summed E-state index contributed by atoms with van der Waals surface area (Å²) in [6, 6.07) is 16.6.